The molecule has 114 valence electrons. The van der Waals surface area contributed by atoms with Crippen molar-refractivity contribution in [2.24, 2.45) is 0 Å². The number of allylic oxidation sites excluding steroid dienone is 4. The van der Waals surface area contributed by atoms with Crippen molar-refractivity contribution in [3.63, 3.8) is 0 Å². The molecule has 1 atom stereocenters. The van der Waals surface area contributed by atoms with E-state index in [-0.39, 0.29) is 21.7 Å². The van der Waals surface area contributed by atoms with E-state index in [4.69, 9.17) is 0 Å². The van der Waals surface area contributed by atoms with Crippen LogP contribution in [-0.4, -0.2) is 8.80 Å². The van der Waals surface area contributed by atoms with Gasteiger partial charge in [-0.1, -0.05) is 80.6 Å². The van der Waals surface area contributed by atoms with Crippen molar-refractivity contribution in [3.8, 4) is 0 Å². The molecule has 1 aromatic rings. The van der Waals surface area contributed by atoms with Crippen LogP contribution >= 0.6 is 0 Å². The first kappa shape index (κ1) is 21.4. The number of rotatable bonds is 4. The summed E-state index contributed by atoms with van der Waals surface area (Å²) in [7, 11) is -0.636. The maximum absolute atomic E-state index is 3.56. The van der Waals surface area contributed by atoms with E-state index in [9.17, 15) is 0 Å². The van der Waals surface area contributed by atoms with Gasteiger partial charge in [-0.15, -0.1) is 0 Å². The summed E-state index contributed by atoms with van der Waals surface area (Å²) in [5.41, 5.74) is 8.17. The molecule has 22 heavy (non-hydrogen) atoms. The van der Waals surface area contributed by atoms with Crippen molar-refractivity contribution in [1.29, 1.82) is 0 Å². The van der Waals surface area contributed by atoms with E-state index in [1.54, 1.807) is 22.8 Å². The third-order valence-corrected chi connectivity index (χ3v) is 8.53. The standard InChI is InChI=1S/C15H22Si.C5H8.Ti/c1-5-16(6-2)15-12(4)11(3)13-9-7-8-10-14(13)15;1-4-5(2)3;/h7-10,15-16H,5-6H2,1-4H3;4H,1-2H2,3H3;/q;;+4. The van der Waals surface area contributed by atoms with Gasteiger partial charge in [0.2, 0.25) is 0 Å². The molecule has 0 saturated heterocycles. The minimum absolute atomic E-state index is 0. The fourth-order valence-electron chi connectivity index (χ4n) is 3.16. The minimum atomic E-state index is -0.636. The van der Waals surface area contributed by atoms with Crippen LogP contribution in [0.2, 0.25) is 12.1 Å². The molecule has 0 saturated carbocycles. The van der Waals surface area contributed by atoms with Crippen LogP contribution in [0.5, 0.6) is 0 Å². The Labute approximate surface area is 153 Å². The third kappa shape index (κ3) is 4.94. The summed E-state index contributed by atoms with van der Waals surface area (Å²) in [6, 6.07) is 11.9. The van der Waals surface area contributed by atoms with Gasteiger partial charge in [0, 0.05) is 8.80 Å². The molecule has 0 heterocycles. The van der Waals surface area contributed by atoms with E-state index in [2.05, 4.69) is 65.1 Å². The van der Waals surface area contributed by atoms with Crippen LogP contribution in [0.15, 0.2) is 54.6 Å². The van der Waals surface area contributed by atoms with Gasteiger partial charge in [0.25, 0.3) is 0 Å². The van der Waals surface area contributed by atoms with Gasteiger partial charge in [0.05, 0.1) is 0 Å². The Morgan fingerprint density at radius 3 is 2.14 bits per heavy atom. The predicted octanol–water partition coefficient (Wildman–Crippen LogP) is 6.13. The summed E-state index contributed by atoms with van der Waals surface area (Å²) in [4.78, 5) is 0. The topological polar surface area (TPSA) is 0 Å². The SMILES string of the molecule is C=CC(=C)C.CC[SiH](CC)C1C(C)=C(C)c2ccccc21.[Ti+4]. The van der Waals surface area contributed by atoms with Crippen molar-refractivity contribution in [1.82, 2.24) is 0 Å². The van der Waals surface area contributed by atoms with E-state index in [1.807, 2.05) is 6.92 Å². The van der Waals surface area contributed by atoms with E-state index in [0.29, 0.717) is 0 Å². The van der Waals surface area contributed by atoms with Gasteiger partial charge in [0.15, 0.2) is 0 Å². The molecule has 0 amide bonds. The molecule has 0 bridgehead atoms. The van der Waals surface area contributed by atoms with Crippen LogP contribution < -0.4 is 0 Å². The zero-order chi connectivity index (χ0) is 16.0. The summed E-state index contributed by atoms with van der Waals surface area (Å²) >= 11 is 0. The monoisotopic (exact) mass is 346 g/mol. The largest absolute Gasteiger partial charge is 4.00 e. The van der Waals surface area contributed by atoms with Crippen LogP contribution in [0, 0.1) is 0 Å². The third-order valence-electron chi connectivity index (χ3n) is 4.63. The fraction of sp³-hybridized carbons (Fsp3) is 0.400. The molecular weight excluding hydrogens is 316 g/mol. The Hall–Kier alpha value is -0.629. The van der Waals surface area contributed by atoms with Crippen molar-refractivity contribution >= 4 is 14.4 Å². The fourth-order valence-corrected chi connectivity index (χ4v) is 6.43. The number of hydrogen-bond donors (Lipinski definition) is 0. The number of fused-ring (bicyclic) bond motifs is 1. The molecule has 0 N–H and O–H groups in total. The molecule has 2 heteroatoms. The molecule has 0 spiro atoms. The van der Waals surface area contributed by atoms with E-state index < -0.39 is 8.80 Å². The van der Waals surface area contributed by atoms with E-state index in [1.165, 1.54) is 17.7 Å². The average Bonchev–Trinajstić information content (AvgIpc) is 2.75. The summed E-state index contributed by atoms with van der Waals surface area (Å²) in [6.07, 6.45) is 1.72. The van der Waals surface area contributed by atoms with Crippen molar-refractivity contribution < 1.29 is 21.7 Å². The van der Waals surface area contributed by atoms with Crippen LogP contribution in [0.1, 0.15) is 51.3 Å². The normalized spacial score (nSPS) is 15.6. The Morgan fingerprint density at radius 2 is 1.68 bits per heavy atom. The van der Waals surface area contributed by atoms with Gasteiger partial charge < -0.3 is 0 Å². The van der Waals surface area contributed by atoms with Gasteiger partial charge in [0.1, 0.15) is 0 Å². The second-order valence-electron chi connectivity index (χ2n) is 6.00. The van der Waals surface area contributed by atoms with Crippen LogP contribution in [0.3, 0.4) is 0 Å². The minimum Gasteiger partial charge on any atom is -0.0988 e. The Bertz CT molecular complexity index is 538. The van der Waals surface area contributed by atoms with Gasteiger partial charge in [-0.3, -0.25) is 0 Å². The zero-order valence-corrected chi connectivity index (χ0v) is 17.6. The molecule has 0 fully saturated rings. The molecule has 1 aromatic carbocycles. The molecular formula is C20H30SiTi+4. The molecule has 0 radical (unpaired) electrons. The van der Waals surface area contributed by atoms with Crippen molar-refractivity contribution in [2.75, 3.05) is 0 Å². The number of benzene rings is 1. The molecule has 0 aromatic heterocycles. The first-order valence-electron chi connectivity index (χ1n) is 8.02. The Morgan fingerprint density at radius 1 is 1.18 bits per heavy atom. The zero-order valence-electron chi connectivity index (χ0n) is 14.9. The first-order chi connectivity index (χ1) is 9.97. The van der Waals surface area contributed by atoms with E-state index in [0.717, 1.165) is 11.1 Å². The summed E-state index contributed by atoms with van der Waals surface area (Å²) < 4.78 is 0. The quantitative estimate of drug-likeness (QED) is 0.454. The van der Waals surface area contributed by atoms with Crippen LogP contribution in [0.25, 0.3) is 5.57 Å². The first-order valence-corrected chi connectivity index (χ1v) is 10.3. The van der Waals surface area contributed by atoms with Gasteiger partial charge in [-0.2, -0.15) is 0 Å². The van der Waals surface area contributed by atoms with Crippen molar-refractivity contribution in [2.45, 2.75) is 52.2 Å². The number of hydrogen-bond acceptors (Lipinski definition) is 0. The molecule has 1 aliphatic rings. The summed E-state index contributed by atoms with van der Waals surface area (Å²) in [5, 5.41) is 0. The molecule has 0 aliphatic heterocycles. The van der Waals surface area contributed by atoms with Crippen molar-refractivity contribution in [3.05, 3.63) is 65.8 Å². The second kappa shape index (κ2) is 10.2. The Kier molecular flexibility index (Phi) is 9.91. The van der Waals surface area contributed by atoms with Crippen LogP contribution in [-0.2, 0) is 21.7 Å². The molecule has 2 rings (SSSR count). The second-order valence-corrected chi connectivity index (χ2v) is 9.82. The smallest absolute Gasteiger partial charge is 0.0988 e. The van der Waals surface area contributed by atoms with E-state index >= 15 is 0 Å². The van der Waals surface area contributed by atoms with Gasteiger partial charge in [-0.05, 0) is 43.0 Å². The van der Waals surface area contributed by atoms with Crippen LogP contribution in [0.4, 0.5) is 0 Å². The summed E-state index contributed by atoms with van der Waals surface area (Å²) in [5.74, 6) is 0. The molecule has 1 unspecified atom stereocenters. The predicted molar refractivity (Wildman–Crippen MR) is 101 cm³/mol. The molecule has 0 nitrogen and oxygen atoms in total. The average molecular weight is 346 g/mol. The molecule has 1 aliphatic carbocycles. The van der Waals surface area contributed by atoms with Gasteiger partial charge >= 0.3 is 21.7 Å². The summed E-state index contributed by atoms with van der Waals surface area (Å²) in [6.45, 7) is 18.3. The maximum Gasteiger partial charge on any atom is 4.00 e. The van der Waals surface area contributed by atoms with Gasteiger partial charge in [-0.25, -0.2) is 0 Å². The Balaban J connectivity index is 0.000000644. The maximum atomic E-state index is 3.56.